The maximum Gasteiger partial charge on any atom is 0.163 e. The number of benzene rings is 2. The number of ketones is 1. The molecule has 1 N–H and O–H groups in total. The van der Waals surface area contributed by atoms with Crippen molar-refractivity contribution in [1.82, 2.24) is 9.38 Å². The SMILES string of the molecule is O=C(C[C@@H]1CCC[C@](O)(Cc2ccccc2F)C1)c1ccc2c(c1)C(c1ccc3nccn3c1)=NC2. The van der Waals surface area contributed by atoms with E-state index in [1.165, 1.54) is 6.07 Å². The summed E-state index contributed by atoms with van der Waals surface area (Å²) >= 11 is 0. The lowest BCUT2D eigenvalue weighted by atomic mass is 9.73. The topological polar surface area (TPSA) is 67.0 Å². The van der Waals surface area contributed by atoms with Crippen LogP contribution < -0.4 is 0 Å². The number of imidazole rings is 1. The van der Waals surface area contributed by atoms with Gasteiger partial charge in [-0.2, -0.15) is 0 Å². The van der Waals surface area contributed by atoms with E-state index in [-0.39, 0.29) is 23.9 Å². The maximum absolute atomic E-state index is 14.2. The average Bonchev–Trinajstić information content (AvgIpc) is 3.51. The molecule has 6 heteroatoms. The van der Waals surface area contributed by atoms with Gasteiger partial charge in [0, 0.05) is 48.1 Å². The lowest BCUT2D eigenvalue weighted by molar-refractivity contribution is -0.0164. The van der Waals surface area contributed by atoms with Gasteiger partial charge >= 0.3 is 0 Å². The Morgan fingerprint density at radius 1 is 1.17 bits per heavy atom. The minimum atomic E-state index is -0.977. The highest BCUT2D eigenvalue weighted by Gasteiger charge is 2.36. The number of Topliss-reactive ketones (excluding diaryl/α,β-unsaturated/α-hetero) is 1. The van der Waals surface area contributed by atoms with Gasteiger partial charge in [0.25, 0.3) is 0 Å². The highest BCUT2D eigenvalue weighted by Crippen LogP contribution is 2.37. The predicted octanol–water partition coefficient (Wildman–Crippen LogP) is 5.56. The van der Waals surface area contributed by atoms with E-state index in [4.69, 9.17) is 4.99 Å². The number of hydrogen-bond acceptors (Lipinski definition) is 4. The number of aliphatic imine (C=N–C) groups is 1. The van der Waals surface area contributed by atoms with Gasteiger partial charge in [-0.15, -0.1) is 0 Å². The minimum absolute atomic E-state index is 0.0769. The molecule has 4 aromatic rings. The van der Waals surface area contributed by atoms with Crippen LogP contribution in [0, 0.1) is 11.7 Å². The minimum Gasteiger partial charge on any atom is -0.390 e. The number of aromatic nitrogens is 2. The number of aliphatic hydroxyl groups is 1. The monoisotopic (exact) mass is 481 g/mol. The summed E-state index contributed by atoms with van der Waals surface area (Å²) in [5, 5.41) is 11.3. The summed E-state index contributed by atoms with van der Waals surface area (Å²) in [5.41, 5.74) is 5.12. The Kier molecular flexibility index (Phi) is 5.76. The number of pyridine rings is 1. The Morgan fingerprint density at radius 3 is 2.94 bits per heavy atom. The van der Waals surface area contributed by atoms with Crippen molar-refractivity contribution >= 4 is 17.1 Å². The molecule has 0 amide bonds. The molecule has 5 nitrogen and oxygen atoms in total. The summed E-state index contributed by atoms with van der Waals surface area (Å²) in [4.78, 5) is 22.4. The standard InChI is InChI=1S/C30H28FN3O2/c31-26-6-2-1-5-22(26)17-30(36)11-3-4-20(16-30)14-27(35)21-7-8-23-18-33-29(25(23)15-21)24-9-10-28-32-12-13-34(28)19-24/h1-2,5-10,12-13,15,19-20,36H,3-4,11,14,16-18H2/t20-,30+/m0/s1. The number of hydrogen-bond donors (Lipinski definition) is 1. The summed E-state index contributed by atoms with van der Waals surface area (Å²) in [5.74, 6) is -0.130. The molecule has 1 fully saturated rings. The highest BCUT2D eigenvalue weighted by atomic mass is 19.1. The number of rotatable bonds is 6. The normalized spacial score (nSPS) is 21.4. The molecular formula is C30H28FN3O2. The van der Waals surface area contributed by atoms with Crippen LogP contribution in [0.3, 0.4) is 0 Å². The van der Waals surface area contributed by atoms with E-state index in [9.17, 15) is 14.3 Å². The fourth-order valence-electron chi connectivity index (χ4n) is 5.84. The summed E-state index contributed by atoms with van der Waals surface area (Å²) < 4.78 is 16.2. The van der Waals surface area contributed by atoms with E-state index in [0.717, 1.165) is 40.9 Å². The molecular weight excluding hydrogens is 453 g/mol. The van der Waals surface area contributed by atoms with E-state index in [2.05, 4.69) is 4.98 Å². The number of carbonyl (C=O) groups excluding carboxylic acids is 1. The van der Waals surface area contributed by atoms with Crippen LogP contribution in [0.15, 0.2) is 78.2 Å². The Hall–Kier alpha value is -3.64. The van der Waals surface area contributed by atoms with E-state index >= 15 is 0 Å². The van der Waals surface area contributed by atoms with Crippen molar-refractivity contribution in [2.75, 3.05) is 0 Å². The van der Waals surface area contributed by atoms with E-state index in [1.54, 1.807) is 24.4 Å². The predicted molar refractivity (Wildman–Crippen MR) is 137 cm³/mol. The van der Waals surface area contributed by atoms with Crippen molar-refractivity contribution in [1.29, 1.82) is 0 Å². The van der Waals surface area contributed by atoms with Gasteiger partial charge in [-0.25, -0.2) is 9.37 Å². The number of fused-ring (bicyclic) bond motifs is 2. The summed E-state index contributed by atoms with van der Waals surface area (Å²) in [6.45, 7) is 0.604. The third-order valence-electron chi connectivity index (χ3n) is 7.63. The Balaban J connectivity index is 1.18. The van der Waals surface area contributed by atoms with Gasteiger partial charge in [-0.3, -0.25) is 9.79 Å². The van der Waals surface area contributed by atoms with Crippen LogP contribution in [-0.2, 0) is 13.0 Å². The summed E-state index contributed by atoms with van der Waals surface area (Å²) in [7, 11) is 0. The van der Waals surface area contributed by atoms with Gasteiger partial charge in [-0.1, -0.05) is 36.8 Å². The molecule has 1 aliphatic carbocycles. The lowest BCUT2D eigenvalue weighted by Crippen LogP contribution is -2.38. The van der Waals surface area contributed by atoms with Crippen LogP contribution in [0.4, 0.5) is 4.39 Å². The van der Waals surface area contributed by atoms with Crippen LogP contribution in [0.1, 0.15) is 64.7 Å². The van der Waals surface area contributed by atoms with Crippen molar-refractivity contribution in [3.8, 4) is 0 Å². The molecule has 6 rings (SSSR count). The van der Waals surface area contributed by atoms with Gasteiger partial charge in [0.1, 0.15) is 11.5 Å². The largest absolute Gasteiger partial charge is 0.390 e. The second-order valence-electron chi connectivity index (χ2n) is 10.2. The van der Waals surface area contributed by atoms with E-state index < -0.39 is 5.60 Å². The second-order valence-corrected chi connectivity index (χ2v) is 10.2. The van der Waals surface area contributed by atoms with Crippen LogP contribution in [-0.4, -0.2) is 31.6 Å². The zero-order valence-electron chi connectivity index (χ0n) is 20.0. The lowest BCUT2D eigenvalue weighted by Gasteiger charge is -2.37. The van der Waals surface area contributed by atoms with Gasteiger partial charge in [0.05, 0.1) is 17.9 Å². The van der Waals surface area contributed by atoms with Crippen LogP contribution in [0.5, 0.6) is 0 Å². The smallest absolute Gasteiger partial charge is 0.163 e. The second kappa shape index (κ2) is 9.10. The Morgan fingerprint density at radius 2 is 2.06 bits per heavy atom. The fraction of sp³-hybridized carbons (Fsp3) is 0.300. The molecule has 0 spiro atoms. The molecule has 0 saturated heterocycles. The molecule has 0 unspecified atom stereocenters. The van der Waals surface area contributed by atoms with Crippen molar-refractivity contribution in [2.45, 2.75) is 50.7 Å². The van der Waals surface area contributed by atoms with Crippen molar-refractivity contribution in [3.63, 3.8) is 0 Å². The van der Waals surface area contributed by atoms with Gasteiger partial charge < -0.3 is 9.51 Å². The molecule has 2 atom stereocenters. The van der Waals surface area contributed by atoms with E-state index in [0.29, 0.717) is 36.9 Å². The molecule has 182 valence electrons. The molecule has 3 heterocycles. The first-order chi connectivity index (χ1) is 17.5. The van der Waals surface area contributed by atoms with Crippen molar-refractivity contribution in [3.05, 3.63) is 107 Å². The van der Waals surface area contributed by atoms with E-state index in [1.807, 2.05) is 47.1 Å². The number of carbonyl (C=O) groups is 1. The zero-order valence-corrected chi connectivity index (χ0v) is 20.0. The van der Waals surface area contributed by atoms with Gasteiger partial charge in [0.2, 0.25) is 0 Å². The zero-order chi connectivity index (χ0) is 24.7. The number of halogens is 1. The summed E-state index contributed by atoms with van der Waals surface area (Å²) in [6.07, 6.45) is 9.23. The van der Waals surface area contributed by atoms with Crippen LogP contribution in [0.2, 0.25) is 0 Å². The molecule has 2 aromatic heterocycles. The molecule has 1 aliphatic heterocycles. The summed E-state index contributed by atoms with van der Waals surface area (Å²) in [6, 6.07) is 16.5. The quantitative estimate of drug-likeness (QED) is 0.367. The van der Waals surface area contributed by atoms with Gasteiger partial charge in [-0.05, 0) is 60.6 Å². The number of nitrogens with zero attached hydrogens (tertiary/aromatic N) is 3. The molecule has 1 saturated carbocycles. The van der Waals surface area contributed by atoms with Crippen LogP contribution in [0.25, 0.3) is 5.65 Å². The molecule has 2 aliphatic rings. The third-order valence-corrected chi connectivity index (χ3v) is 7.63. The molecule has 0 bridgehead atoms. The van der Waals surface area contributed by atoms with Gasteiger partial charge in [0.15, 0.2) is 5.78 Å². The Labute approximate surface area is 209 Å². The molecule has 0 radical (unpaired) electrons. The third kappa shape index (κ3) is 4.37. The molecule has 2 aromatic carbocycles. The first-order valence-corrected chi connectivity index (χ1v) is 12.6. The maximum atomic E-state index is 14.2. The first-order valence-electron chi connectivity index (χ1n) is 12.6. The average molecular weight is 482 g/mol. The van der Waals surface area contributed by atoms with Crippen molar-refractivity contribution < 1.29 is 14.3 Å². The Bertz CT molecular complexity index is 1490. The first kappa shape index (κ1) is 22.8. The fourth-order valence-corrected chi connectivity index (χ4v) is 5.84. The molecule has 36 heavy (non-hydrogen) atoms. The van der Waals surface area contributed by atoms with Crippen LogP contribution >= 0.6 is 0 Å². The highest BCUT2D eigenvalue weighted by molar-refractivity contribution is 6.16. The van der Waals surface area contributed by atoms with Crippen molar-refractivity contribution in [2.24, 2.45) is 10.9 Å².